The van der Waals surface area contributed by atoms with E-state index in [1.165, 1.54) is 24.3 Å². The van der Waals surface area contributed by atoms with Gasteiger partial charge in [-0.1, -0.05) is 18.2 Å². The van der Waals surface area contributed by atoms with E-state index in [9.17, 15) is 19.2 Å². The first-order chi connectivity index (χ1) is 14.2. The van der Waals surface area contributed by atoms with Gasteiger partial charge in [0.2, 0.25) is 11.8 Å². The molecule has 2 aromatic carbocycles. The summed E-state index contributed by atoms with van der Waals surface area (Å²) >= 11 is 0. The van der Waals surface area contributed by atoms with Crippen molar-refractivity contribution >= 4 is 35.1 Å². The summed E-state index contributed by atoms with van der Waals surface area (Å²) < 4.78 is 0. The number of nitrogens with zero attached hydrogens (tertiary/aromatic N) is 1. The van der Waals surface area contributed by atoms with Gasteiger partial charge in [0, 0.05) is 11.7 Å². The van der Waals surface area contributed by atoms with Crippen LogP contribution in [0.15, 0.2) is 48.5 Å². The molecule has 0 bridgehead atoms. The molecule has 1 atom stereocenters. The molecule has 1 fully saturated rings. The van der Waals surface area contributed by atoms with E-state index in [0.29, 0.717) is 5.69 Å². The fourth-order valence-electron chi connectivity index (χ4n) is 3.27. The molecule has 2 aromatic rings. The van der Waals surface area contributed by atoms with Crippen LogP contribution in [0.5, 0.6) is 0 Å². The number of benzene rings is 2. The van der Waals surface area contributed by atoms with Crippen LogP contribution in [0.1, 0.15) is 36.2 Å². The second kappa shape index (κ2) is 8.77. The van der Waals surface area contributed by atoms with Gasteiger partial charge in [0.25, 0.3) is 5.91 Å². The molecular formula is C22H23N3O5. The summed E-state index contributed by atoms with van der Waals surface area (Å²) in [7, 11) is 0. The lowest BCUT2D eigenvalue weighted by Gasteiger charge is -2.16. The van der Waals surface area contributed by atoms with Crippen molar-refractivity contribution in [3.8, 4) is 0 Å². The fraction of sp³-hybridized carbons (Fsp3) is 0.273. The lowest BCUT2D eigenvalue weighted by molar-refractivity contribution is -0.122. The maximum atomic E-state index is 12.8. The van der Waals surface area contributed by atoms with E-state index in [2.05, 4.69) is 10.6 Å². The maximum absolute atomic E-state index is 12.8. The standard InChI is InChI=1S/C22H23N3O5/c1-13(2)23-19(26)10-14-6-8-16(9-7-14)24-18-12-20(27)25(21(18)28)17-5-3-4-15(11-17)22(29)30/h3-9,11,13,18,24H,10,12H2,1-2H3,(H,23,26)(H,29,30). The summed E-state index contributed by atoms with van der Waals surface area (Å²) in [6, 6.07) is 12.1. The number of carboxylic acids is 1. The van der Waals surface area contributed by atoms with Gasteiger partial charge in [-0.2, -0.15) is 0 Å². The molecule has 156 valence electrons. The number of imide groups is 1. The molecule has 1 aliphatic rings. The first kappa shape index (κ1) is 21.0. The summed E-state index contributed by atoms with van der Waals surface area (Å²) in [5, 5.41) is 15.0. The zero-order valence-corrected chi connectivity index (χ0v) is 16.7. The van der Waals surface area contributed by atoms with Crippen molar-refractivity contribution in [3.05, 3.63) is 59.7 Å². The molecule has 3 N–H and O–H groups in total. The molecule has 0 radical (unpaired) electrons. The minimum atomic E-state index is -1.13. The zero-order valence-electron chi connectivity index (χ0n) is 16.7. The number of amides is 3. The number of carbonyl (C=O) groups is 4. The Kier molecular flexibility index (Phi) is 6.15. The molecule has 0 aliphatic carbocycles. The molecule has 1 saturated heterocycles. The number of nitrogens with one attached hydrogen (secondary N) is 2. The van der Waals surface area contributed by atoms with E-state index >= 15 is 0 Å². The van der Waals surface area contributed by atoms with Crippen LogP contribution in [0.4, 0.5) is 11.4 Å². The molecule has 30 heavy (non-hydrogen) atoms. The topological polar surface area (TPSA) is 116 Å². The van der Waals surface area contributed by atoms with Gasteiger partial charge in [-0.3, -0.25) is 14.4 Å². The van der Waals surface area contributed by atoms with Crippen LogP contribution in [0, 0.1) is 0 Å². The summed E-state index contributed by atoms with van der Waals surface area (Å²) in [6.07, 6.45) is 0.224. The SMILES string of the molecule is CC(C)NC(=O)Cc1ccc(NC2CC(=O)N(c3cccc(C(=O)O)c3)C2=O)cc1. The van der Waals surface area contributed by atoms with Crippen molar-refractivity contribution in [2.24, 2.45) is 0 Å². The Morgan fingerprint density at radius 1 is 1.13 bits per heavy atom. The van der Waals surface area contributed by atoms with Crippen LogP contribution in [0.2, 0.25) is 0 Å². The van der Waals surface area contributed by atoms with Gasteiger partial charge in [-0.15, -0.1) is 0 Å². The quantitative estimate of drug-likeness (QED) is 0.604. The molecule has 3 amide bonds. The van der Waals surface area contributed by atoms with Crippen molar-refractivity contribution in [1.29, 1.82) is 0 Å². The average Bonchev–Trinajstić information content (AvgIpc) is 2.96. The van der Waals surface area contributed by atoms with Crippen LogP contribution in [0.3, 0.4) is 0 Å². The molecule has 1 aliphatic heterocycles. The zero-order chi connectivity index (χ0) is 21.8. The van der Waals surface area contributed by atoms with Gasteiger partial charge in [-0.05, 0) is 49.7 Å². The molecule has 0 saturated carbocycles. The molecule has 0 aromatic heterocycles. The third kappa shape index (κ3) is 4.83. The Morgan fingerprint density at radius 3 is 2.47 bits per heavy atom. The monoisotopic (exact) mass is 409 g/mol. The first-order valence-corrected chi connectivity index (χ1v) is 9.59. The second-order valence-corrected chi connectivity index (χ2v) is 7.42. The number of aromatic carboxylic acids is 1. The normalized spacial score (nSPS) is 16.1. The minimum Gasteiger partial charge on any atom is -0.478 e. The fourth-order valence-corrected chi connectivity index (χ4v) is 3.27. The Bertz CT molecular complexity index is 985. The lowest BCUT2D eigenvalue weighted by atomic mass is 10.1. The van der Waals surface area contributed by atoms with Crippen molar-refractivity contribution in [2.45, 2.75) is 38.8 Å². The van der Waals surface area contributed by atoms with Gasteiger partial charge in [0.05, 0.1) is 24.1 Å². The van der Waals surface area contributed by atoms with Crippen LogP contribution < -0.4 is 15.5 Å². The molecular weight excluding hydrogens is 386 g/mol. The highest BCUT2D eigenvalue weighted by atomic mass is 16.4. The van der Waals surface area contributed by atoms with E-state index < -0.39 is 23.8 Å². The summed E-state index contributed by atoms with van der Waals surface area (Å²) in [6.45, 7) is 3.79. The van der Waals surface area contributed by atoms with Crippen molar-refractivity contribution < 1.29 is 24.3 Å². The van der Waals surface area contributed by atoms with E-state index in [1.54, 1.807) is 24.3 Å². The highest BCUT2D eigenvalue weighted by Gasteiger charge is 2.39. The number of hydrogen-bond acceptors (Lipinski definition) is 5. The number of rotatable bonds is 7. The summed E-state index contributed by atoms with van der Waals surface area (Å²) in [4.78, 5) is 49.2. The number of carboxylic acid groups (broad SMARTS) is 1. The average molecular weight is 409 g/mol. The van der Waals surface area contributed by atoms with Gasteiger partial charge in [-0.25, -0.2) is 9.69 Å². The number of carbonyl (C=O) groups excluding carboxylic acids is 3. The first-order valence-electron chi connectivity index (χ1n) is 9.59. The largest absolute Gasteiger partial charge is 0.478 e. The third-order valence-corrected chi connectivity index (χ3v) is 4.61. The van der Waals surface area contributed by atoms with Crippen molar-refractivity contribution in [3.63, 3.8) is 0 Å². The lowest BCUT2D eigenvalue weighted by Crippen LogP contribution is -2.34. The molecule has 3 rings (SSSR count). The summed E-state index contributed by atoms with van der Waals surface area (Å²) in [5.41, 5.74) is 1.72. The predicted octanol–water partition coefficient (Wildman–Crippen LogP) is 2.20. The molecule has 8 heteroatoms. The smallest absolute Gasteiger partial charge is 0.335 e. The van der Waals surface area contributed by atoms with Gasteiger partial charge >= 0.3 is 5.97 Å². The molecule has 1 heterocycles. The molecule has 1 unspecified atom stereocenters. The highest BCUT2D eigenvalue weighted by Crippen LogP contribution is 2.26. The third-order valence-electron chi connectivity index (χ3n) is 4.61. The molecule has 0 spiro atoms. The van der Waals surface area contributed by atoms with Gasteiger partial charge in [0.1, 0.15) is 6.04 Å². The highest BCUT2D eigenvalue weighted by molar-refractivity contribution is 6.23. The van der Waals surface area contributed by atoms with E-state index in [1.807, 2.05) is 13.8 Å². The minimum absolute atomic E-state index is 0.00148. The van der Waals surface area contributed by atoms with Gasteiger partial charge in [0.15, 0.2) is 0 Å². The van der Waals surface area contributed by atoms with Crippen LogP contribution in [0.25, 0.3) is 0 Å². The Labute approximate surface area is 173 Å². The Balaban J connectivity index is 1.67. The molecule has 8 nitrogen and oxygen atoms in total. The van der Waals surface area contributed by atoms with Crippen LogP contribution in [-0.4, -0.2) is 40.9 Å². The van der Waals surface area contributed by atoms with Crippen LogP contribution in [-0.2, 0) is 20.8 Å². The van der Waals surface area contributed by atoms with Crippen molar-refractivity contribution in [2.75, 3.05) is 10.2 Å². The van der Waals surface area contributed by atoms with Gasteiger partial charge < -0.3 is 15.7 Å². The number of anilines is 2. The van der Waals surface area contributed by atoms with E-state index in [4.69, 9.17) is 5.11 Å². The van der Waals surface area contributed by atoms with Crippen LogP contribution >= 0.6 is 0 Å². The van der Waals surface area contributed by atoms with E-state index in [0.717, 1.165) is 10.5 Å². The second-order valence-electron chi connectivity index (χ2n) is 7.42. The maximum Gasteiger partial charge on any atom is 0.335 e. The van der Waals surface area contributed by atoms with E-state index in [-0.39, 0.29) is 36.0 Å². The predicted molar refractivity (Wildman–Crippen MR) is 111 cm³/mol. The van der Waals surface area contributed by atoms with Crippen molar-refractivity contribution in [1.82, 2.24) is 5.32 Å². The summed E-state index contributed by atoms with van der Waals surface area (Å²) in [5.74, 6) is -2.04. The number of hydrogen-bond donors (Lipinski definition) is 3. The Morgan fingerprint density at radius 2 is 1.83 bits per heavy atom. The Hall–Kier alpha value is -3.68.